The molecule has 2 unspecified atom stereocenters. The zero-order chi connectivity index (χ0) is 19.4. The molecule has 0 aromatic heterocycles. The van der Waals surface area contributed by atoms with E-state index in [1.807, 2.05) is 12.1 Å². The summed E-state index contributed by atoms with van der Waals surface area (Å²) in [6, 6.07) is 7.93. The fraction of sp³-hybridized carbons (Fsp3) is 0.429. The Hall–Kier alpha value is -1.92. The van der Waals surface area contributed by atoms with Gasteiger partial charge in [-0.05, 0) is 68.0 Å². The number of benzene rings is 2. The fourth-order valence-electron chi connectivity index (χ4n) is 3.77. The third kappa shape index (κ3) is 5.08. The predicted octanol–water partition coefficient (Wildman–Crippen LogP) is 4.38. The lowest BCUT2D eigenvalue weighted by Gasteiger charge is -2.33. The van der Waals surface area contributed by atoms with E-state index in [0.29, 0.717) is 19.0 Å². The molecule has 2 atom stereocenters. The summed E-state index contributed by atoms with van der Waals surface area (Å²) in [7, 11) is 0. The van der Waals surface area contributed by atoms with Crippen LogP contribution in [-0.4, -0.2) is 30.6 Å². The lowest BCUT2D eigenvalue weighted by Crippen LogP contribution is -2.38. The molecular formula is C21H24F4N2. The van der Waals surface area contributed by atoms with Gasteiger partial charge in [0.2, 0.25) is 0 Å². The molecule has 0 spiro atoms. The Morgan fingerprint density at radius 1 is 1.00 bits per heavy atom. The smallest absolute Gasteiger partial charge is 0.161 e. The molecule has 1 heterocycles. The van der Waals surface area contributed by atoms with Crippen molar-refractivity contribution >= 4 is 0 Å². The van der Waals surface area contributed by atoms with Crippen molar-refractivity contribution in [2.75, 3.05) is 19.6 Å². The quantitative estimate of drug-likeness (QED) is 0.595. The van der Waals surface area contributed by atoms with Gasteiger partial charge in [-0.25, -0.2) is 17.6 Å². The SMILES string of the molecule is NC(CCN1CCCC(c2ccccc2F)C1)Cc1cc(F)c(F)cc1F. The number of rotatable bonds is 6. The van der Waals surface area contributed by atoms with E-state index in [-0.39, 0.29) is 29.8 Å². The Morgan fingerprint density at radius 3 is 2.52 bits per heavy atom. The minimum atomic E-state index is -1.20. The Labute approximate surface area is 157 Å². The van der Waals surface area contributed by atoms with Gasteiger partial charge in [-0.3, -0.25) is 0 Å². The molecule has 2 aromatic rings. The van der Waals surface area contributed by atoms with Crippen molar-refractivity contribution in [2.24, 2.45) is 5.73 Å². The normalized spacial score (nSPS) is 19.2. The average molecular weight is 380 g/mol. The van der Waals surface area contributed by atoms with Crippen molar-refractivity contribution < 1.29 is 17.6 Å². The van der Waals surface area contributed by atoms with Gasteiger partial charge in [0.15, 0.2) is 11.6 Å². The van der Waals surface area contributed by atoms with Crippen molar-refractivity contribution in [3.8, 4) is 0 Å². The third-order valence-electron chi connectivity index (χ3n) is 5.24. The summed E-state index contributed by atoms with van der Waals surface area (Å²) in [4.78, 5) is 2.24. The number of piperidine rings is 1. The van der Waals surface area contributed by atoms with E-state index in [0.717, 1.165) is 37.6 Å². The van der Waals surface area contributed by atoms with Gasteiger partial charge >= 0.3 is 0 Å². The maximum absolute atomic E-state index is 14.0. The number of nitrogens with two attached hydrogens (primary N) is 1. The Morgan fingerprint density at radius 2 is 1.74 bits per heavy atom. The van der Waals surface area contributed by atoms with E-state index in [9.17, 15) is 17.6 Å². The molecule has 0 aliphatic carbocycles. The van der Waals surface area contributed by atoms with Gasteiger partial charge in [-0.15, -0.1) is 0 Å². The second-order valence-corrected chi connectivity index (χ2v) is 7.27. The van der Waals surface area contributed by atoms with Crippen molar-refractivity contribution in [2.45, 2.75) is 37.6 Å². The van der Waals surface area contributed by atoms with E-state index >= 15 is 0 Å². The molecule has 1 aliphatic heterocycles. The zero-order valence-electron chi connectivity index (χ0n) is 15.1. The molecule has 0 radical (unpaired) electrons. The van der Waals surface area contributed by atoms with E-state index in [1.165, 1.54) is 6.07 Å². The number of hydrogen-bond donors (Lipinski definition) is 1. The molecule has 0 bridgehead atoms. The van der Waals surface area contributed by atoms with Gasteiger partial charge in [0.05, 0.1) is 0 Å². The highest BCUT2D eigenvalue weighted by Gasteiger charge is 2.23. The van der Waals surface area contributed by atoms with Crippen LogP contribution in [0.1, 0.15) is 36.3 Å². The van der Waals surface area contributed by atoms with E-state index < -0.39 is 17.5 Å². The van der Waals surface area contributed by atoms with Crippen molar-refractivity contribution in [1.29, 1.82) is 0 Å². The lowest BCUT2D eigenvalue weighted by molar-refractivity contribution is 0.199. The lowest BCUT2D eigenvalue weighted by atomic mass is 9.90. The van der Waals surface area contributed by atoms with Gasteiger partial charge in [0.25, 0.3) is 0 Å². The molecule has 1 saturated heterocycles. The minimum absolute atomic E-state index is 0.0873. The van der Waals surface area contributed by atoms with E-state index in [2.05, 4.69) is 4.90 Å². The summed E-state index contributed by atoms with van der Waals surface area (Å²) in [5.74, 6) is -3.06. The highest BCUT2D eigenvalue weighted by atomic mass is 19.2. The molecule has 2 aromatic carbocycles. The van der Waals surface area contributed by atoms with Crippen LogP contribution >= 0.6 is 0 Å². The van der Waals surface area contributed by atoms with Gasteiger partial charge in [0, 0.05) is 18.7 Å². The molecule has 6 heteroatoms. The Balaban J connectivity index is 1.53. The van der Waals surface area contributed by atoms with Crippen molar-refractivity contribution in [3.63, 3.8) is 0 Å². The fourth-order valence-corrected chi connectivity index (χ4v) is 3.77. The highest BCUT2D eigenvalue weighted by molar-refractivity contribution is 5.23. The summed E-state index contributed by atoms with van der Waals surface area (Å²) in [6.07, 6.45) is 2.67. The van der Waals surface area contributed by atoms with Gasteiger partial charge < -0.3 is 10.6 Å². The first-order valence-corrected chi connectivity index (χ1v) is 9.30. The second-order valence-electron chi connectivity index (χ2n) is 7.27. The molecule has 146 valence electrons. The Bertz CT molecular complexity index is 781. The number of hydrogen-bond acceptors (Lipinski definition) is 2. The van der Waals surface area contributed by atoms with Crippen LogP contribution in [0.3, 0.4) is 0 Å². The van der Waals surface area contributed by atoms with Crippen molar-refractivity contribution in [3.05, 3.63) is 70.8 Å². The Kier molecular flexibility index (Phi) is 6.50. The zero-order valence-corrected chi connectivity index (χ0v) is 15.1. The standard InChI is InChI=1S/C21H24F4N2/c22-18-6-2-1-5-17(18)14-4-3-8-27(13-14)9-7-16(26)10-15-11-20(24)21(25)12-19(15)23/h1-2,5-6,11-12,14,16H,3-4,7-10,13,26H2. The van der Waals surface area contributed by atoms with Gasteiger partial charge in [-0.2, -0.15) is 0 Å². The maximum atomic E-state index is 14.0. The first kappa shape index (κ1) is 19.8. The van der Waals surface area contributed by atoms with Crippen LogP contribution in [0.15, 0.2) is 36.4 Å². The van der Waals surface area contributed by atoms with Crippen LogP contribution in [0.2, 0.25) is 0 Å². The molecule has 0 saturated carbocycles. The summed E-state index contributed by atoms with van der Waals surface area (Å²) in [5, 5.41) is 0. The van der Waals surface area contributed by atoms with Crippen LogP contribution in [-0.2, 0) is 6.42 Å². The average Bonchev–Trinajstić information content (AvgIpc) is 2.65. The highest BCUT2D eigenvalue weighted by Crippen LogP contribution is 2.28. The summed E-state index contributed by atoms with van der Waals surface area (Å²) in [5.41, 5.74) is 6.91. The van der Waals surface area contributed by atoms with Gasteiger partial charge in [-0.1, -0.05) is 18.2 Å². The van der Waals surface area contributed by atoms with E-state index in [4.69, 9.17) is 5.73 Å². The molecule has 1 fully saturated rings. The monoisotopic (exact) mass is 380 g/mol. The molecule has 27 heavy (non-hydrogen) atoms. The predicted molar refractivity (Wildman–Crippen MR) is 97.4 cm³/mol. The van der Waals surface area contributed by atoms with Crippen molar-refractivity contribution in [1.82, 2.24) is 4.90 Å². The van der Waals surface area contributed by atoms with Crippen LogP contribution < -0.4 is 5.73 Å². The summed E-state index contributed by atoms with van der Waals surface area (Å²) < 4.78 is 54.1. The largest absolute Gasteiger partial charge is 0.327 e. The summed E-state index contributed by atoms with van der Waals surface area (Å²) >= 11 is 0. The van der Waals surface area contributed by atoms with Crippen LogP contribution in [0.25, 0.3) is 0 Å². The maximum Gasteiger partial charge on any atom is 0.161 e. The number of nitrogens with zero attached hydrogens (tertiary/aromatic N) is 1. The first-order valence-electron chi connectivity index (χ1n) is 9.30. The number of likely N-dealkylation sites (tertiary alicyclic amines) is 1. The third-order valence-corrected chi connectivity index (χ3v) is 5.24. The molecule has 2 nitrogen and oxygen atoms in total. The topological polar surface area (TPSA) is 29.3 Å². The minimum Gasteiger partial charge on any atom is -0.327 e. The van der Waals surface area contributed by atoms with Crippen LogP contribution in [0, 0.1) is 23.3 Å². The second kappa shape index (κ2) is 8.85. The molecule has 1 aliphatic rings. The molecular weight excluding hydrogens is 356 g/mol. The van der Waals surface area contributed by atoms with E-state index in [1.54, 1.807) is 6.07 Å². The molecule has 2 N–H and O–H groups in total. The first-order chi connectivity index (χ1) is 12.9. The number of halogens is 4. The van der Waals surface area contributed by atoms with Crippen LogP contribution in [0.4, 0.5) is 17.6 Å². The summed E-state index contributed by atoms with van der Waals surface area (Å²) in [6.45, 7) is 2.38. The van der Waals surface area contributed by atoms with Crippen LogP contribution in [0.5, 0.6) is 0 Å². The molecule has 3 rings (SSSR count). The molecule has 0 amide bonds. The van der Waals surface area contributed by atoms with Gasteiger partial charge in [0.1, 0.15) is 11.6 Å².